The molecule has 0 aliphatic carbocycles. The maximum absolute atomic E-state index is 10.4. The summed E-state index contributed by atoms with van der Waals surface area (Å²) in [5.41, 5.74) is 2.81. The largest absolute Gasteiger partial charge is 0.390 e. The Balaban J connectivity index is 1.41. The molecule has 2 aliphatic heterocycles. The first-order valence-electron chi connectivity index (χ1n) is 9.22. The lowest BCUT2D eigenvalue weighted by Gasteiger charge is -2.48. The average molecular weight is 341 g/mol. The van der Waals surface area contributed by atoms with Crippen molar-refractivity contribution in [2.45, 2.75) is 50.4 Å². The number of likely N-dealkylation sites (tertiary alicyclic amines) is 1. The van der Waals surface area contributed by atoms with E-state index in [9.17, 15) is 5.11 Å². The maximum atomic E-state index is 10.4. The van der Waals surface area contributed by atoms with E-state index in [0.29, 0.717) is 6.61 Å². The summed E-state index contributed by atoms with van der Waals surface area (Å²) in [6, 6.07) is 10.4. The summed E-state index contributed by atoms with van der Waals surface area (Å²) in [5, 5.41) is 17.8. The number of ether oxygens (including phenoxy) is 1. The van der Waals surface area contributed by atoms with Gasteiger partial charge in [0.25, 0.3) is 0 Å². The van der Waals surface area contributed by atoms with Crippen molar-refractivity contribution < 1.29 is 9.84 Å². The number of hydrogen-bond donors (Lipinski definition) is 2. The van der Waals surface area contributed by atoms with Gasteiger partial charge in [-0.15, -0.1) is 0 Å². The summed E-state index contributed by atoms with van der Waals surface area (Å²) in [4.78, 5) is 2.47. The summed E-state index contributed by atoms with van der Waals surface area (Å²) in [6.07, 6.45) is 5.42. The topological polar surface area (TPSA) is 61.4 Å². The van der Waals surface area contributed by atoms with Gasteiger partial charge in [0.2, 0.25) is 0 Å². The van der Waals surface area contributed by atoms with Crippen molar-refractivity contribution in [1.29, 1.82) is 0 Å². The highest BCUT2D eigenvalue weighted by molar-refractivity contribution is 5.62. The molecular weight excluding hydrogens is 314 g/mol. The number of hydrogen-bond acceptors (Lipinski definition) is 4. The number of piperidine rings is 1. The van der Waals surface area contributed by atoms with Crippen LogP contribution < -0.4 is 0 Å². The lowest BCUT2D eigenvalue weighted by molar-refractivity contribution is -0.173. The molecule has 4 rings (SSSR count). The van der Waals surface area contributed by atoms with Crippen LogP contribution >= 0.6 is 0 Å². The Kier molecular flexibility index (Phi) is 4.40. The lowest BCUT2D eigenvalue weighted by atomic mass is 9.78. The van der Waals surface area contributed by atoms with Crippen molar-refractivity contribution >= 4 is 0 Å². The van der Waals surface area contributed by atoms with E-state index in [2.05, 4.69) is 39.4 Å². The van der Waals surface area contributed by atoms with Crippen LogP contribution in [-0.2, 0) is 11.3 Å². The average Bonchev–Trinajstić information content (AvgIpc) is 3.05. The zero-order valence-corrected chi connectivity index (χ0v) is 14.9. The molecule has 0 bridgehead atoms. The van der Waals surface area contributed by atoms with Crippen LogP contribution in [0.2, 0.25) is 0 Å². The zero-order valence-electron chi connectivity index (χ0n) is 14.9. The molecule has 1 aromatic carbocycles. The molecule has 3 heterocycles. The third-order valence-electron chi connectivity index (χ3n) is 5.69. The second-order valence-corrected chi connectivity index (χ2v) is 7.87. The number of nitrogens with zero attached hydrogens (tertiary/aromatic N) is 2. The summed E-state index contributed by atoms with van der Waals surface area (Å²) < 4.78 is 6.11. The quantitative estimate of drug-likeness (QED) is 0.901. The molecule has 2 N–H and O–H groups in total. The Morgan fingerprint density at radius 2 is 1.96 bits per heavy atom. The predicted octanol–water partition coefficient (Wildman–Crippen LogP) is 2.97. The molecule has 1 spiro atoms. The molecule has 25 heavy (non-hydrogen) atoms. The second kappa shape index (κ2) is 6.56. The van der Waals surface area contributed by atoms with Gasteiger partial charge in [-0.25, -0.2) is 0 Å². The minimum absolute atomic E-state index is 0.128. The number of benzene rings is 1. The molecule has 1 aromatic heterocycles. The fourth-order valence-electron chi connectivity index (χ4n) is 4.29. The highest BCUT2D eigenvalue weighted by Crippen LogP contribution is 2.39. The van der Waals surface area contributed by atoms with Crippen LogP contribution in [0.3, 0.4) is 0 Å². The molecule has 2 saturated heterocycles. The molecule has 134 valence electrons. The molecule has 1 unspecified atom stereocenters. The van der Waals surface area contributed by atoms with Crippen molar-refractivity contribution in [2.75, 3.05) is 19.7 Å². The second-order valence-electron chi connectivity index (χ2n) is 7.87. The number of rotatable bonds is 3. The molecule has 2 aromatic rings. The van der Waals surface area contributed by atoms with Crippen molar-refractivity contribution in [1.82, 2.24) is 15.1 Å². The van der Waals surface area contributed by atoms with Gasteiger partial charge in [0, 0.05) is 31.6 Å². The Bertz CT molecular complexity index is 703. The minimum Gasteiger partial charge on any atom is -0.390 e. The highest BCUT2D eigenvalue weighted by Gasteiger charge is 2.44. The Morgan fingerprint density at radius 3 is 2.68 bits per heavy atom. The molecule has 0 saturated carbocycles. The van der Waals surface area contributed by atoms with Crippen LogP contribution in [0.15, 0.2) is 36.5 Å². The Labute approximate surface area is 149 Å². The van der Waals surface area contributed by atoms with Crippen molar-refractivity contribution in [3.8, 4) is 11.3 Å². The molecule has 0 radical (unpaired) electrons. The lowest BCUT2D eigenvalue weighted by Crippen LogP contribution is -2.53. The van der Waals surface area contributed by atoms with E-state index in [1.807, 2.05) is 19.2 Å². The van der Waals surface area contributed by atoms with Crippen molar-refractivity contribution in [3.05, 3.63) is 42.1 Å². The highest BCUT2D eigenvalue weighted by atomic mass is 16.5. The first kappa shape index (κ1) is 16.8. The van der Waals surface area contributed by atoms with E-state index >= 15 is 0 Å². The van der Waals surface area contributed by atoms with E-state index in [0.717, 1.165) is 51.0 Å². The summed E-state index contributed by atoms with van der Waals surface area (Å²) in [7, 11) is 0. The van der Waals surface area contributed by atoms with Gasteiger partial charge in [0.05, 0.1) is 29.7 Å². The summed E-state index contributed by atoms with van der Waals surface area (Å²) >= 11 is 0. The maximum Gasteiger partial charge on any atom is 0.0734 e. The molecule has 1 atom stereocenters. The zero-order chi connectivity index (χ0) is 17.3. The summed E-state index contributed by atoms with van der Waals surface area (Å²) in [5.74, 6) is 0. The van der Waals surface area contributed by atoms with Crippen LogP contribution in [0.1, 0.15) is 38.2 Å². The molecule has 5 nitrogen and oxygen atoms in total. The van der Waals surface area contributed by atoms with Gasteiger partial charge in [-0.1, -0.05) is 30.3 Å². The normalized spacial score (nSPS) is 26.8. The van der Waals surface area contributed by atoms with Crippen LogP contribution in [0.4, 0.5) is 0 Å². The molecule has 5 heteroatoms. The predicted molar refractivity (Wildman–Crippen MR) is 97.1 cm³/mol. The first-order chi connectivity index (χ1) is 12.1. The van der Waals surface area contributed by atoms with E-state index in [-0.39, 0.29) is 5.60 Å². The fourth-order valence-corrected chi connectivity index (χ4v) is 4.29. The third-order valence-corrected chi connectivity index (χ3v) is 5.69. The standard InChI is InChI=1S/C20H27N3O2/c1-19(24)9-12-25-20(15-19)7-10-23(11-8-20)14-17-13-21-22-18(17)16-5-3-2-4-6-16/h2-6,13,24H,7-12,14-15H2,1H3,(H,21,22). The van der Waals surface area contributed by atoms with Gasteiger partial charge in [0.1, 0.15) is 0 Å². The van der Waals surface area contributed by atoms with Crippen LogP contribution in [0.5, 0.6) is 0 Å². The van der Waals surface area contributed by atoms with Crippen LogP contribution in [0, 0.1) is 0 Å². The SMILES string of the molecule is CC1(O)CCOC2(CCN(Cc3cn[nH]c3-c3ccccc3)CC2)C1. The van der Waals surface area contributed by atoms with Crippen molar-refractivity contribution in [3.63, 3.8) is 0 Å². The van der Waals surface area contributed by atoms with E-state index in [4.69, 9.17) is 4.74 Å². The summed E-state index contributed by atoms with van der Waals surface area (Å²) in [6.45, 7) is 5.51. The van der Waals surface area contributed by atoms with Crippen LogP contribution in [0.25, 0.3) is 11.3 Å². The van der Waals surface area contributed by atoms with Crippen LogP contribution in [-0.4, -0.2) is 51.1 Å². The number of nitrogens with one attached hydrogen (secondary N) is 1. The third kappa shape index (κ3) is 3.64. The van der Waals surface area contributed by atoms with Gasteiger partial charge in [-0.2, -0.15) is 5.10 Å². The Morgan fingerprint density at radius 1 is 1.20 bits per heavy atom. The molecule has 0 amide bonds. The molecular formula is C20H27N3O2. The minimum atomic E-state index is -0.578. The number of aromatic amines is 1. The van der Waals surface area contributed by atoms with E-state index in [1.54, 1.807) is 0 Å². The van der Waals surface area contributed by atoms with E-state index < -0.39 is 5.60 Å². The van der Waals surface area contributed by atoms with Gasteiger partial charge < -0.3 is 9.84 Å². The number of aromatic nitrogens is 2. The first-order valence-corrected chi connectivity index (χ1v) is 9.22. The number of aliphatic hydroxyl groups is 1. The number of H-pyrrole nitrogens is 1. The van der Waals surface area contributed by atoms with Gasteiger partial charge in [-0.05, 0) is 31.7 Å². The monoisotopic (exact) mass is 341 g/mol. The van der Waals surface area contributed by atoms with Crippen molar-refractivity contribution in [2.24, 2.45) is 0 Å². The fraction of sp³-hybridized carbons (Fsp3) is 0.550. The Hall–Kier alpha value is -1.69. The smallest absolute Gasteiger partial charge is 0.0734 e. The van der Waals surface area contributed by atoms with E-state index in [1.165, 1.54) is 11.1 Å². The van der Waals surface area contributed by atoms with Gasteiger partial charge >= 0.3 is 0 Å². The molecule has 2 aliphatic rings. The molecule has 2 fully saturated rings. The van der Waals surface area contributed by atoms with Gasteiger partial charge in [0.15, 0.2) is 0 Å². The van der Waals surface area contributed by atoms with Gasteiger partial charge in [-0.3, -0.25) is 10.00 Å².